The van der Waals surface area contributed by atoms with E-state index in [1.807, 2.05) is 40.7 Å². The SMILES string of the molecule is CCc1ccnc(NC(=O)c2ccc(B3OC(C)(C)C(C)(C)O3)cc2F)c1. The highest BCUT2D eigenvalue weighted by Crippen LogP contribution is 2.36. The van der Waals surface area contributed by atoms with E-state index in [4.69, 9.17) is 9.31 Å². The number of amides is 1. The van der Waals surface area contributed by atoms with Gasteiger partial charge in [0.05, 0.1) is 16.8 Å². The molecular formula is C20H24BFN2O3. The van der Waals surface area contributed by atoms with E-state index in [0.717, 1.165) is 12.0 Å². The number of aryl methyl sites for hydroxylation is 1. The Balaban J connectivity index is 1.78. The van der Waals surface area contributed by atoms with Crippen molar-refractivity contribution in [2.75, 3.05) is 5.32 Å². The Labute approximate surface area is 159 Å². The third kappa shape index (κ3) is 3.89. The second-order valence-corrected chi connectivity index (χ2v) is 7.68. The minimum atomic E-state index is -0.676. The minimum absolute atomic E-state index is 0.0565. The molecule has 0 atom stereocenters. The third-order valence-corrected chi connectivity index (χ3v) is 5.24. The maximum absolute atomic E-state index is 14.6. The summed E-state index contributed by atoms with van der Waals surface area (Å²) in [7, 11) is -0.676. The zero-order valence-corrected chi connectivity index (χ0v) is 16.3. The molecule has 1 amide bonds. The molecule has 5 nitrogen and oxygen atoms in total. The molecule has 3 rings (SSSR count). The van der Waals surface area contributed by atoms with Crippen molar-refractivity contribution in [1.29, 1.82) is 0 Å². The van der Waals surface area contributed by atoms with Gasteiger partial charge in [0, 0.05) is 6.20 Å². The van der Waals surface area contributed by atoms with Crippen LogP contribution in [0.5, 0.6) is 0 Å². The topological polar surface area (TPSA) is 60.5 Å². The van der Waals surface area contributed by atoms with E-state index in [1.54, 1.807) is 18.3 Å². The predicted molar refractivity (Wildman–Crippen MR) is 104 cm³/mol. The van der Waals surface area contributed by atoms with Gasteiger partial charge in [-0.2, -0.15) is 0 Å². The number of hydrogen-bond donors (Lipinski definition) is 1. The molecule has 1 aliphatic rings. The van der Waals surface area contributed by atoms with E-state index < -0.39 is 30.0 Å². The molecule has 0 spiro atoms. The summed E-state index contributed by atoms with van der Waals surface area (Å²) in [5.74, 6) is -0.783. The standard InChI is InChI=1S/C20H24BFN2O3/c1-6-13-9-10-23-17(11-13)24-18(25)15-8-7-14(12-16(15)22)21-26-19(2,3)20(4,5)27-21/h7-12H,6H2,1-5H3,(H,23,24,25). The quantitative estimate of drug-likeness (QED) is 0.839. The van der Waals surface area contributed by atoms with Crippen LogP contribution in [0.2, 0.25) is 0 Å². The van der Waals surface area contributed by atoms with Crippen molar-refractivity contribution in [2.45, 2.75) is 52.2 Å². The van der Waals surface area contributed by atoms with Gasteiger partial charge in [-0.1, -0.05) is 13.0 Å². The molecule has 0 unspecified atom stereocenters. The van der Waals surface area contributed by atoms with Gasteiger partial charge in [0.25, 0.3) is 5.91 Å². The van der Waals surface area contributed by atoms with Gasteiger partial charge in [-0.15, -0.1) is 0 Å². The van der Waals surface area contributed by atoms with Crippen molar-refractivity contribution in [2.24, 2.45) is 0 Å². The van der Waals surface area contributed by atoms with Gasteiger partial charge < -0.3 is 14.6 Å². The van der Waals surface area contributed by atoms with Gasteiger partial charge in [0.1, 0.15) is 11.6 Å². The summed E-state index contributed by atoms with van der Waals surface area (Å²) in [6, 6.07) is 8.02. The van der Waals surface area contributed by atoms with Crippen molar-refractivity contribution in [3.8, 4) is 0 Å². The summed E-state index contributed by atoms with van der Waals surface area (Å²) < 4.78 is 26.4. The molecule has 0 saturated carbocycles. The summed E-state index contributed by atoms with van der Waals surface area (Å²) in [6.45, 7) is 9.74. The van der Waals surface area contributed by atoms with Crippen LogP contribution in [0, 0.1) is 5.82 Å². The van der Waals surface area contributed by atoms with Crippen LogP contribution in [0.15, 0.2) is 36.5 Å². The predicted octanol–water partition coefficient (Wildman–Crippen LogP) is 3.33. The van der Waals surface area contributed by atoms with E-state index in [2.05, 4.69) is 10.3 Å². The number of hydrogen-bond acceptors (Lipinski definition) is 4. The molecule has 1 saturated heterocycles. The number of nitrogens with one attached hydrogen (secondary N) is 1. The monoisotopic (exact) mass is 370 g/mol. The number of benzene rings is 1. The van der Waals surface area contributed by atoms with Gasteiger partial charge >= 0.3 is 7.12 Å². The molecule has 0 aliphatic carbocycles. The average Bonchev–Trinajstić information content (AvgIpc) is 2.82. The molecule has 2 aromatic rings. The zero-order valence-electron chi connectivity index (χ0n) is 16.3. The Morgan fingerprint density at radius 2 is 1.81 bits per heavy atom. The number of nitrogens with zero attached hydrogens (tertiary/aromatic N) is 1. The lowest BCUT2D eigenvalue weighted by molar-refractivity contribution is 0.00578. The van der Waals surface area contributed by atoms with E-state index in [9.17, 15) is 9.18 Å². The Kier molecular flexibility index (Phi) is 5.10. The summed E-state index contributed by atoms with van der Waals surface area (Å²) >= 11 is 0. The molecular weight excluding hydrogens is 346 g/mol. The lowest BCUT2D eigenvalue weighted by atomic mass is 9.78. The highest BCUT2D eigenvalue weighted by Gasteiger charge is 2.51. The number of aromatic nitrogens is 1. The van der Waals surface area contributed by atoms with Gasteiger partial charge in [-0.25, -0.2) is 9.37 Å². The Hall–Kier alpha value is -2.25. The average molecular weight is 370 g/mol. The zero-order chi connectivity index (χ0) is 19.8. The number of carbonyl (C=O) groups excluding carboxylic acids is 1. The molecule has 1 aliphatic heterocycles. The molecule has 27 heavy (non-hydrogen) atoms. The van der Waals surface area contributed by atoms with Crippen LogP contribution in [0.25, 0.3) is 0 Å². The number of halogens is 1. The van der Waals surface area contributed by atoms with Crippen molar-refractivity contribution in [3.05, 3.63) is 53.5 Å². The van der Waals surface area contributed by atoms with Gasteiger partial charge in [0.15, 0.2) is 0 Å². The van der Waals surface area contributed by atoms with E-state index in [-0.39, 0.29) is 5.56 Å². The van der Waals surface area contributed by atoms with E-state index >= 15 is 0 Å². The highest BCUT2D eigenvalue weighted by molar-refractivity contribution is 6.62. The van der Waals surface area contributed by atoms with Crippen molar-refractivity contribution < 1.29 is 18.5 Å². The van der Waals surface area contributed by atoms with Gasteiger partial charge in [-0.05, 0) is 69.4 Å². The molecule has 1 fully saturated rings. The van der Waals surface area contributed by atoms with Crippen molar-refractivity contribution >= 4 is 24.3 Å². The lowest BCUT2D eigenvalue weighted by Gasteiger charge is -2.32. The fourth-order valence-corrected chi connectivity index (χ4v) is 2.79. The molecule has 7 heteroatoms. The van der Waals surface area contributed by atoms with Crippen LogP contribution < -0.4 is 10.8 Å². The molecule has 1 N–H and O–H groups in total. The summed E-state index contributed by atoms with van der Waals surface area (Å²) in [6.07, 6.45) is 2.44. The lowest BCUT2D eigenvalue weighted by Crippen LogP contribution is -2.41. The van der Waals surface area contributed by atoms with Crippen LogP contribution in [0.1, 0.15) is 50.5 Å². The maximum Gasteiger partial charge on any atom is 0.494 e. The molecule has 142 valence electrons. The van der Waals surface area contributed by atoms with E-state index in [1.165, 1.54) is 12.1 Å². The van der Waals surface area contributed by atoms with Crippen molar-refractivity contribution in [1.82, 2.24) is 4.98 Å². The van der Waals surface area contributed by atoms with Crippen LogP contribution in [0.3, 0.4) is 0 Å². The Morgan fingerprint density at radius 1 is 1.15 bits per heavy atom. The molecule has 1 aromatic heterocycles. The van der Waals surface area contributed by atoms with Crippen molar-refractivity contribution in [3.63, 3.8) is 0 Å². The number of anilines is 1. The molecule has 0 bridgehead atoms. The fraction of sp³-hybridized carbons (Fsp3) is 0.400. The Bertz CT molecular complexity index is 854. The summed E-state index contributed by atoms with van der Waals surface area (Å²) in [5, 5.41) is 2.64. The van der Waals surface area contributed by atoms with Crippen LogP contribution >= 0.6 is 0 Å². The fourth-order valence-electron chi connectivity index (χ4n) is 2.79. The largest absolute Gasteiger partial charge is 0.494 e. The van der Waals surface area contributed by atoms with Crippen LogP contribution in [-0.4, -0.2) is 29.2 Å². The number of carbonyl (C=O) groups is 1. The summed E-state index contributed by atoms with van der Waals surface area (Å²) in [4.78, 5) is 16.5. The molecule has 0 radical (unpaired) electrons. The first-order valence-corrected chi connectivity index (χ1v) is 9.04. The first kappa shape index (κ1) is 19.5. The summed E-state index contributed by atoms with van der Waals surface area (Å²) in [5.41, 5.74) is 0.491. The second-order valence-electron chi connectivity index (χ2n) is 7.68. The normalized spacial score (nSPS) is 17.8. The van der Waals surface area contributed by atoms with Gasteiger partial charge in [-0.3, -0.25) is 4.79 Å². The molecule has 1 aromatic carbocycles. The maximum atomic E-state index is 14.6. The highest BCUT2D eigenvalue weighted by atomic mass is 19.1. The smallest absolute Gasteiger partial charge is 0.399 e. The van der Waals surface area contributed by atoms with Crippen LogP contribution in [0.4, 0.5) is 10.2 Å². The first-order chi connectivity index (χ1) is 12.6. The number of rotatable bonds is 4. The molecule has 2 heterocycles. The van der Waals surface area contributed by atoms with Gasteiger partial charge in [0.2, 0.25) is 0 Å². The third-order valence-electron chi connectivity index (χ3n) is 5.24. The van der Waals surface area contributed by atoms with E-state index in [0.29, 0.717) is 11.3 Å². The van der Waals surface area contributed by atoms with Crippen LogP contribution in [-0.2, 0) is 15.7 Å². The Morgan fingerprint density at radius 3 is 2.41 bits per heavy atom. The second kappa shape index (κ2) is 7.05. The minimum Gasteiger partial charge on any atom is -0.399 e. The first-order valence-electron chi connectivity index (χ1n) is 9.04. The number of pyridine rings is 1.